The number of aryl methyl sites for hydroxylation is 1. The molecule has 0 amide bonds. The third-order valence-electron chi connectivity index (χ3n) is 2.24. The minimum absolute atomic E-state index is 0.0962. The summed E-state index contributed by atoms with van der Waals surface area (Å²) in [5.74, 6) is -0.991. The lowest BCUT2D eigenvalue weighted by molar-refractivity contribution is 0.0691. The molecule has 0 saturated heterocycles. The number of carboxylic acid groups (broad SMARTS) is 1. The van der Waals surface area contributed by atoms with Crippen molar-refractivity contribution in [2.45, 2.75) is 13.3 Å². The Labute approximate surface area is 96.6 Å². The number of carboxylic acids is 1. The third-order valence-corrected chi connectivity index (χ3v) is 3.11. The first kappa shape index (κ1) is 10.8. The molecule has 1 N–H and O–H groups in total. The van der Waals surface area contributed by atoms with Crippen LogP contribution in [-0.2, 0) is 6.42 Å². The number of hydrogen-bond donors (Lipinski definition) is 1. The van der Waals surface area contributed by atoms with Gasteiger partial charge in [-0.05, 0) is 18.1 Å². The number of nitrogens with zero attached hydrogens (tertiary/aromatic N) is 2. The second-order valence-corrected chi connectivity index (χ2v) is 4.09. The van der Waals surface area contributed by atoms with Gasteiger partial charge in [-0.25, -0.2) is 9.78 Å². The molecule has 0 saturated carbocycles. The van der Waals surface area contributed by atoms with Gasteiger partial charge in [0.05, 0.1) is 0 Å². The molecule has 0 aromatic carbocycles. The van der Waals surface area contributed by atoms with Crippen LogP contribution in [0.1, 0.15) is 23.0 Å². The van der Waals surface area contributed by atoms with Crippen molar-refractivity contribution >= 4 is 17.3 Å². The van der Waals surface area contributed by atoms with Crippen molar-refractivity contribution in [1.29, 1.82) is 0 Å². The first-order valence-electron chi connectivity index (χ1n) is 4.84. The van der Waals surface area contributed by atoms with Gasteiger partial charge in [0.2, 0.25) is 0 Å². The molecule has 0 atom stereocenters. The number of rotatable bonds is 3. The summed E-state index contributed by atoms with van der Waals surface area (Å²) in [6.07, 6.45) is 4.33. The molecule has 0 fully saturated rings. The minimum Gasteiger partial charge on any atom is -0.476 e. The topological polar surface area (TPSA) is 63.1 Å². The Morgan fingerprint density at radius 1 is 1.56 bits per heavy atom. The number of hydrogen-bond acceptors (Lipinski definition) is 4. The number of aromatic carboxylic acids is 1. The van der Waals surface area contributed by atoms with Crippen LogP contribution in [0.25, 0.3) is 10.6 Å². The quantitative estimate of drug-likeness (QED) is 0.886. The maximum atomic E-state index is 10.7. The van der Waals surface area contributed by atoms with E-state index in [-0.39, 0.29) is 5.69 Å². The Morgan fingerprint density at radius 2 is 2.38 bits per heavy atom. The molecule has 0 spiro atoms. The normalized spacial score (nSPS) is 10.3. The predicted molar refractivity (Wildman–Crippen MR) is 61.7 cm³/mol. The maximum Gasteiger partial charge on any atom is 0.355 e. The van der Waals surface area contributed by atoms with Crippen LogP contribution in [0.3, 0.4) is 0 Å². The highest BCUT2D eigenvalue weighted by Gasteiger charge is 2.12. The van der Waals surface area contributed by atoms with Gasteiger partial charge in [-0.3, -0.25) is 4.98 Å². The fourth-order valence-corrected chi connectivity index (χ4v) is 2.27. The summed E-state index contributed by atoms with van der Waals surface area (Å²) in [6, 6.07) is 1.86. The molecule has 4 nitrogen and oxygen atoms in total. The van der Waals surface area contributed by atoms with E-state index in [1.165, 1.54) is 11.3 Å². The zero-order chi connectivity index (χ0) is 11.5. The average Bonchev–Trinajstić information content (AvgIpc) is 2.78. The predicted octanol–water partition coefficient (Wildman–Crippen LogP) is 2.47. The molecule has 5 heteroatoms. The first-order valence-corrected chi connectivity index (χ1v) is 5.72. The zero-order valence-electron chi connectivity index (χ0n) is 8.67. The van der Waals surface area contributed by atoms with Gasteiger partial charge in [0.25, 0.3) is 0 Å². The number of carbonyl (C=O) groups is 1. The van der Waals surface area contributed by atoms with Gasteiger partial charge in [-0.2, -0.15) is 0 Å². The molecule has 82 valence electrons. The molecule has 16 heavy (non-hydrogen) atoms. The Hall–Kier alpha value is -1.75. The lowest BCUT2D eigenvalue weighted by Crippen LogP contribution is -1.96. The number of aromatic nitrogens is 2. The molecular formula is C11H10N2O2S. The smallest absolute Gasteiger partial charge is 0.355 e. The summed E-state index contributed by atoms with van der Waals surface area (Å²) in [4.78, 5) is 18.9. The number of thiazole rings is 1. The highest BCUT2D eigenvalue weighted by Crippen LogP contribution is 2.26. The standard InChI is InChI=1S/C11H10N2O2S/c1-2-7-5-12-4-3-8(7)10-13-9(6-16-10)11(14)15/h3-6H,2H2,1H3,(H,14,15). The van der Waals surface area contributed by atoms with Gasteiger partial charge in [0, 0.05) is 23.3 Å². The minimum atomic E-state index is -0.991. The van der Waals surface area contributed by atoms with Crippen molar-refractivity contribution in [1.82, 2.24) is 9.97 Å². The van der Waals surface area contributed by atoms with Crippen LogP contribution in [0.2, 0.25) is 0 Å². The summed E-state index contributed by atoms with van der Waals surface area (Å²) in [6.45, 7) is 2.03. The lowest BCUT2D eigenvalue weighted by atomic mass is 10.1. The van der Waals surface area contributed by atoms with Gasteiger partial charge in [0.1, 0.15) is 5.01 Å². The number of pyridine rings is 1. The molecule has 0 aliphatic heterocycles. The Bertz CT molecular complexity index is 522. The van der Waals surface area contributed by atoms with Crippen LogP contribution in [0.15, 0.2) is 23.8 Å². The second kappa shape index (κ2) is 4.40. The maximum absolute atomic E-state index is 10.7. The van der Waals surface area contributed by atoms with Gasteiger partial charge < -0.3 is 5.11 Å². The molecular weight excluding hydrogens is 224 g/mol. The van der Waals surface area contributed by atoms with Crippen LogP contribution in [0.4, 0.5) is 0 Å². The van der Waals surface area contributed by atoms with Crippen LogP contribution in [0, 0.1) is 0 Å². The van der Waals surface area contributed by atoms with Crippen molar-refractivity contribution in [3.05, 3.63) is 35.1 Å². The largest absolute Gasteiger partial charge is 0.476 e. The molecule has 0 unspecified atom stereocenters. The summed E-state index contributed by atoms with van der Waals surface area (Å²) >= 11 is 1.34. The Balaban J connectivity index is 2.46. The monoisotopic (exact) mass is 234 g/mol. The zero-order valence-corrected chi connectivity index (χ0v) is 9.49. The van der Waals surface area contributed by atoms with Gasteiger partial charge >= 0.3 is 5.97 Å². The van der Waals surface area contributed by atoms with Gasteiger partial charge in [0.15, 0.2) is 5.69 Å². The molecule has 2 aromatic heterocycles. The van der Waals surface area contributed by atoms with Gasteiger partial charge in [-0.15, -0.1) is 11.3 Å². The van der Waals surface area contributed by atoms with Crippen molar-refractivity contribution in [2.24, 2.45) is 0 Å². The summed E-state index contributed by atoms with van der Waals surface area (Å²) < 4.78 is 0. The fraction of sp³-hybridized carbons (Fsp3) is 0.182. The SMILES string of the molecule is CCc1cnccc1-c1nc(C(=O)O)cs1. The molecule has 0 aliphatic rings. The molecule has 2 heterocycles. The van der Waals surface area contributed by atoms with E-state index < -0.39 is 5.97 Å². The molecule has 0 aliphatic carbocycles. The van der Waals surface area contributed by atoms with E-state index in [9.17, 15) is 4.79 Å². The molecule has 0 bridgehead atoms. The van der Waals surface area contributed by atoms with Crippen LogP contribution in [-0.4, -0.2) is 21.0 Å². The average molecular weight is 234 g/mol. The summed E-state index contributed by atoms with van der Waals surface area (Å²) in [5.41, 5.74) is 2.14. The van der Waals surface area contributed by atoms with E-state index in [0.29, 0.717) is 0 Å². The van der Waals surface area contributed by atoms with Crippen molar-refractivity contribution in [2.75, 3.05) is 0 Å². The van der Waals surface area contributed by atoms with E-state index in [1.807, 2.05) is 13.0 Å². The highest BCUT2D eigenvalue weighted by molar-refractivity contribution is 7.13. The van der Waals surface area contributed by atoms with Crippen molar-refractivity contribution < 1.29 is 9.90 Å². The van der Waals surface area contributed by atoms with Crippen LogP contribution in [0.5, 0.6) is 0 Å². The highest BCUT2D eigenvalue weighted by atomic mass is 32.1. The first-order chi connectivity index (χ1) is 7.72. The molecule has 0 radical (unpaired) electrons. The van der Waals surface area contributed by atoms with Crippen molar-refractivity contribution in [3.63, 3.8) is 0 Å². The van der Waals surface area contributed by atoms with E-state index in [4.69, 9.17) is 5.11 Å². The van der Waals surface area contributed by atoms with Gasteiger partial charge in [-0.1, -0.05) is 6.92 Å². The van der Waals surface area contributed by atoms with E-state index in [2.05, 4.69) is 9.97 Å². The third kappa shape index (κ3) is 1.94. The van der Waals surface area contributed by atoms with E-state index in [1.54, 1.807) is 17.8 Å². The summed E-state index contributed by atoms with van der Waals surface area (Å²) in [5, 5.41) is 11.1. The van der Waals surface area contributed by atoms with E-state index >= 15 is 0 Å². The van der Waals surface area contributed by atoms with Crippen LogP contribution < -0.4 is 0 Å². The second-order valence-electron chi connectivity index (χ2n) is 3.23. The summed E-state index contributed by atoms with van der Waals surface area (Å²) in [7, 11) is 0. The van der Waals surface area contributed by atoms with Crippen molar-refractivity contribution in [3.8, 4) is 10.6 Å². The Morgan fingerprint density at radius 3 is 3.00 bits per heavy atom. The fourth-order valence-electron chi connectivity index (χ4n) is 1.41. The molecule has 2 aromatic rings. The molecule has 2 rings (SSSR count). The van der Waals surface area contributed by atoms with E-state index in [0.717, 1.165) is 22.6 Å². The van der Waals surface area contributed by atoms with Crippen LogP contribution >= 0.6 is 11.3 Å². The lowest BCUT2D eigenvalue weighted by Gasteiger charge is -2.02. The Kier molecular flexibility index (Phi) is 2.96.